The van der Waals surface area contributed by atoms with Gasteiger partial charge in [0, 0.05) is 16.0 Å². The monoisotopic (exact) mass is 373 g/mol. The third kappa shape index (κ3) is 3.64. The van der Waals surface area contributed by atoms with E-state index in [0.29, 0.717) is 11.4 Å². The lowest BCUT2D eigenvalue weighted by atomic mass is 10.0. The molecular formula is C22H19N3OS. The molecule has 0 N–H and O–H groups in total. The van der Waals surface area contributed by atoms with E-state index in [4.69, 9.17) is 0 Å². The van der Waals surface area contributed by atoms with Crippen LogP contribution in [0.4, 0.5) is 0 Å². The van der Waals surface area contributed by atoms with Gasteiger partial charge in [0.25, 0.3) is 0 Å². The lowest BCUT2D eigenvalue weighted by Crippen LogP contribution is -2.05. The minimum absolute atomic E-state index is 0.0460. The van der Waals surface area contributed by atoms with Crippen molar-refractivity contribution >= 4 is 28.6 Å². The van der Waals surface area contributed by atoms with Gasteiger partial charge in [-0.2, -0.15) is 0 Å². The number of carbonyl (C=O) groups excluding carboxylic acids is 1. The Balaban J connectivity index is 1.63. The number of ketones is 1. The summed E-state index contributed by atoms with van der Waals surface area (Å²) in [5.41, 5.74) is 5.51. The molecule has 0 bridgehead atoms. The number of para-hydroxylation sites is 1. The molecular weight excluding hydrogens is 354 g/mol. The summed E-state index contributed by atoms with van der Waals surface area (Å²) in [6.07, 6.45) is 0. The summed E-state index contributed by atoms with van der Waals surface area (Å²) in [7, 11) is 0. The number of fused-ring (bicyclic) bond motifs is 1. The lowest BCUT2D eigenvalue weighted by Gasteiger charge is -2.10. The van der Waals surface area contributed by atoms with Crippen molar-refractivity contribution in [3.63, 3.8) is 0 Å². The average Bonchev–Trinajstić information content (AvgIpc) is 3.10. The highest BCUT2D eigenvalue weighted by Crippen LogP contribution is 2.28. The number of thioether (sulfide) groups is 1. The molecule has 0 radical (unpaired) electrons. The molecule has 4 aromatic rings. The zero-order valence-corrected chi connectivity index (χ0v) is 16.0. The van der Waals surface area contributed by atoms with E-state index >= 15 is 0 Å². The van der Waals surface area contributed by atoms with Crippen LogP contribution >= 0.6 is 11.8 Å². The largest absolute Gasteiger partial charge is 0.289 e. The summed E-state index contributed by atoms with van der Waals surface area (Å²) in [6, 6.07) is 21.6. The van der Waals surface area contributed by atoms with Crippen LogP contribution in [0, 0.1) is 13.8 Å². The molecule has 3 aromatic carbocycles. The molecule has 0 amide bonds. The van der Waals surface area contributed by atoms with Crippen LogP contribution in [-0.2, 0) is 5.88 Å². The molecule has 1 aromatic heterocycles. The summed E-state index contributed by atoms with van der Waals surface area (Å²) >= 11 is 1.59. The predicted molar refractivity (Wildman–Crippen MR) is 109 cm³/mol. The fourth-order valence-corrected chi connectivity index (χ4v) is 3.87. The average molecular weight is 373 g/mol. The standard InChI is InChI=1S/C22H19N3OS/c1-15-7-10-17(11-8-15)22(26)18-13-16(2)9-12-21(18)27-14-25-20-6-4-3-5-19(20)23-24-25/h3-13H,14H2,1-2H3. The van der Waals surface area contributed by atoms with Gasteiger partial charge in [0.15, 0.2) is 5.78 Å². The van der Waals surface area contributed by atoms with Crippen LogP contribution < -0.4 is 0 Å². The molecule has 0 fully saturated rings. The molecule has 5 heteroatoms. The second-order valence-corrected chi connectivity index (χ2v) is 7.53. The fraction of sp³-hybridized carbons (Fsp3) is 0.136. The Hall–Kier alpha value is -2.92. The second kappa shape index (κ2) is 7.37. The topological polar surface area (TPSA) is 47.8 Å². The summed E-state index contributed by atoms with van der Waals surface area (Å²) in [4.78, 5) is 14.0. The highest BCUT2D eigenvalue weighted by Gasteiger charge is 2.15. The molecule has 0 aliphatic carbocycles. The fourth-order valence-electron chi connectivity index (χ4n) is 2.95. The molecule has 0 aliphatic heterocycles. The van der Waals surface area contributed by atoms with Crippen molar-refractivity contribution in [1.29, 1.82) is 0 Å². The van der Waals surface area contributed by atoms with E-state index in [1.54, 1.807) is 11.8 Å². The minimum Gasteiger partial charge on any atom is -0.289 e. The van der Waals surface area contributed by atoms with Crippen molar-refractivity contribution in [2.75, 3.05) is 0 Å². The molecule has 4 nitrogen and oxygen atoms in total. The number of aromatic nitrogens is 3. The number of hydrogen-bond donors (Lipinski definition) is 0. The summed E-state index contributed by atoms with van der Waals surface area (Å²) < 4.78 is 1.86. The Bertz CT molecular complexity index is 1120. The van der Waals surface area contributed by atoms with E-state index in [2.05, 4.69) is 10.3 Å². The van der Waals surface area contributed by atoms with Gasteiger partial charge in [-0.25, -0.2) is 4.68 Å². The van der Waals surface area contributed by atoms with Crippen molar-refractivity contribution in [2.45, 2.75) is 24.6 Å². The van der Waals surface area contributed by atoms with E-state index in [0.717, 1.165) is 32.6 Å². The number of benzene rings is 3. The van der Waals surface area contributed by atoms with Crippen LogP contribution in [0.1, 0.15) is 27.0 Å². The third-order valence-corrected chi connectivity index (χ3v) is 5.50. The van der Waals surface area contributed by atoms with E-state index in [9.17, 15) is 4.79 Å². The first-order chi connectivity index (χ1) is 13.1. The highest BCUT2D eigenvalue weighted by atomic mass is 32.2. The van der Waals surface area contributed by atoms with E-state index in [1.807, 2.05) is 85.3 Å². The number of nitrogens with zero attached hydrogens (tertiary/aromatic N) is 3. The Kier molecular flexibility index (Phi) is 4.77. The van der Waals surface area contributed by atoms with Gasteiger partial charge in [-0.15, -0.1) is 16.9 Å². The van der Waals surface area contributed by atoms with Crippen LogP contribution in [0.5, 0.6) is 0 Å². The molecule has 1 heterocycles. The lowest BCUT2D eigenvalue weighted by molar-refractivity contribution is 0.103. The van der Waals surface area contributed by atoms with Crippen LogP contribution in [-0.4, -0.2) is 20.8 Å². The maximum atomic E-state index is 13.1. The summed E-state index contributed by atoms with van der Waals surface area (Å²) in [6.45, 7) is 4.02. The summed E-state index contributed by atoms with van der Waals surface area (Å²) in [5.74, 6) is 0.641. The van der Waals surface area contributed by atoms with Gasteiger partial charge >= 0.3 is 0 Å². The van der Waals surface area contributed by atoms with Crippen molar-refractivity contribution in [2.24, 2.45) is 0 Å². The first-order valence-electron chi connectivity index (χ1n) is 8.75. The van der Waals surface area contributed by atoms with E-state index < -0.39 is 0 Å². The van der Waals surface area contributed by atoms with Gasteiger partial charge in [0.1, 0.15) is 5.52 Å². The van der Waals surface area contributed by atoms with E-state index in [1.165, 1.54) is 0 Å². The van der Waals surface area contributed by atoms with Crippen molar-refractivity contribution < 1.29 is 4.79 Å². The molecule has 0 unspecified atom stereocenters. The first-order valence-corrected chi connectivity index (χ1v) is 9.73. The smallest absolute Gasteiger partial charge is 0.194 e. The van der Waals surface area contributed by atoms with Crippen molar-refractivity contribution in [3.05, 3.63) is 89.0 Å². The van der Waals surface area contributed by atoms with Gasteiger partial charge in [-0.1, -0.05) is 58.8 Å². The zero-order chi connectivity index (χ0) is 18.8. The predicted octanol–water partition coefficient (Wildman–Crippen LogP) is 5.03. The maximum absolute atomic E-state index is 13.1. The number of rotatable bonds is 5. The van der Waals surface area contributed by atoms with Gasteiger partial charge in [-0.05, 0) is 38.1 Å². The molecule has 0 atom stereocenters. The minimum atomic E-state index is 0.0460. The Morgan fingerprint density at radius 2 is 1.70 bits per heavy atom. The molecule has 0 spiro atoms. The molecule has 134 valence electrons. The molecule has 4 rings (SSSR count). The van der Waals surface area contributed by atoms with Crippen LogP contribution in [0.2, 0.25) is 0 Å². The van der Waals surface area contributed by atoms with Gasteiger partial charge in [0.05, 0.1) is 11.4 Å². The van der Waals surface area contributed by atoms with Gasteiger partial charge in [-0.3, -0.25) is 4.79 Å². The van der Waals surface area contributed by atoms with Gasteiger partial charge in [0.2, 0.25) is 0 Å². The summed E-state index contributed by atoms with van der Waals surface area (Å²) in [5, 5.41) is 8.42. The Morgan fingerprint density at radius 1 is 0.963 bits per heavy atom. The van der Waals surface area contributed by atoms with Gasteiger partial charge < -0.3 is 0 Å². The normalized spacial score (nSPS) is 11.0. The molecule has 0 aliphatic rings. The quantitative estimate of drug-likeness (QED) is 0.364. The Morgan fingerprint density at radius 3 is 2.52 bits per heavy atom. The maximum Gasteiger partial charge on any atom is 0.194 e. The third-order valence-electron chi connectivity index (χ3n) is 4.46. The number of carbonyl (C=O) groups is 1. The van der Waals surface area contributed by atoms with Crippen LogP contribution in [0.15, 0.2) is 71.6 Å². The van der Waals surface area contributed by atoms with Crippen molar-refractivity contribution in [1.82, 2.24) is 15.0 Å². The number of aryl methyl sites for hydroxylation is 2. The zero-order valence-electron chi connectivity index (χ0n) is 15.2. The molecule has 27 heavy (non-hydrogen) atoms. The van der Waals surface area contributed by atoms with Crippen LogP contribution in [0.3, 0.4) is 0 Å². The first kappa shape index (κ1) is 17.5. The molecule has 0 saturated heterocycles. The highest BCUT2D eigenvalue weighted by molar-refractivity contribution is 7.98. The second-order valence-electron chi connectivity index (χ2n) is 6.55. The molecule has 0 saturated carbocycles. The Labute approximate surface area is 162 Å². The van der Waals surface area contributed by atoms with Crippen LogP contribution in [0.25, 0.3) is 11.0 Å². The van der Waals surface area contributed by atoms with Crippen molar-refractivity contribution in [3.8, 4) is 0 Å². The SMILES string of the molecule is Cc1ccc(C(=O)c2cc(C)ccc2SCn2nnc3ccccc32)cc1. The number of hydrogen-bond acceptors (Lipinski definition) is 4. The van der Waals surface area contributed by atoms with E-state index in [-0.39, 0.29) is 5.78 Å².